The number of nitrogens with one attached hydrogen (secondary N) is 2. The molecule has 4 heteroatoms. The second-order valence-corrected chi connectivity index (χ2v) is 14.5. The maximum absolute atomic E-state index is 3.94. The van der Waals surface area contributed by atoms with Crippen LogP contribution >= 0.6 is 11.8 Å². The Bertz CT molecular complexity index is 2330. The summed E-state index contributed by atoms with van der Waals surface area (Å²) in [5.41, 5.74) is 19.5. The molecule has 250 valence electrons. The molecule has 0 radical (unpaired) electrons. The molecular formula is C47H43BN2S. The highest BCUT2D eigenvalue weighted by atomic mass is 32.2. The predicted molar refractivity (Wildman–Crippen MR) is 226 cm³/mol. The molecule has 2 nitrogen and oxygen atoms in total. The predicted octanol–water partition coefficient (Wildman–Crippen LogP) is 11.5. The first kappa shape index (κ1) is 34.0. The Morgan fingerprint density at radius 2 is 1.53 bits per heavy atom. The van der Waals surface area contributed by atoms with E-state index < -0.39 is 0 Å². The van der Waals surface area contributed by atoms with Gasteiger partial charge < -0.3 is 10.6 Å². The van der Waals surface area contributed by atoms with Crippen LogP contribution in [0.4, 0.5) is 17.1 Å². The van der Waals surface area contributed by atoms with Crippen molar-refractivity contribution >= 4 is 48.2 Å². The summed E-state index contributed by atoms with van der Waals surface area (Å²) in [5.74, 6) is 0. The minimum Gasteiger partial charge on any atom is -0.387 e. The molecule has 6 aromatic rings. The van der Waals surface area contributed by atoms with Gasteiger partial charge in [0, 0.05) is 45.8 Å². The lowest BCUT2D eigenvalue weighted by Crippen LogP contribution is -2.03. The van der Waals surface area contributed by atoms with E-state index in [0.717, 1.165) is 29.1 Å². The fourth-order valence-corrected chi connectivity index (χ4v) is 8.25. The number of anilines is 3. The third-order valence-electron chi connectivity index (χ3n) is 9.70. The van der Waals surface area contributed by atoms with Gasteiger partial charge in [-0.3, -0.25) is 0 Å². The smallest absolute Gasteiger partial charge is 0.139 e. The molecular weight excluding hydrogens is 635 g/mol. The van der Waals surface area contributed by atoms with Crippen LogP contribution in [0.2, 0.25) is 0 Å². The van der Waals surface area contributed by atoms with Crippen LogP contribution in [0.1, 0.15) is 34.7 Å². The maximum Gasteiger partial charge on any atom is 0.139 e. The topological polar surface area (TPSA) is 24.1 Å². The van der Waals surface area contributed by atoms with Crippen LogP contribution in [0.5, 0.6) is 0 Å². The van der Waals surface area contributed by atoms with Crippen molar-refractivity contribution in [2.75, 3.05) is 17.7 Å². The first-order chi connectivity index (χ1) is 24.8. The molecule has 0 aliphatic heterocycles. The monoisotopic (exact) mass is 678 g/mol. The van der Waals surface area contributed by atoms with Gasteiger partial charge in [-0.2, -0.15) is 0 Å². The Kier molecular flexibility index (Phi) is 9.88. The average Bonchev–Trinajstić information content (AvgIpc) is 3.52. The summed E-state index contributed by atoms with van der Waals surface area (Å²) in [5, 5.41) is 7.56. The molecule has 1 aliphatic carbocycles. The molecule has 6 aromatic carbocycles. The lowest BCUT2D eigenvalue weighted by atomic mass is 9.92. The van der Waals surface area contributed by atoms with Crippen molar-refractivity contribution in [1.82, 2.24) is 0 Å². The molecule has 0 unspecified atom stereocenters. The summed E-state index contributed by atoms with van der Waals surface area (Å²) < 4.78 is 0. The molecule has 7 rings (SSSR count). The van der Waals surface area contributed by atoms with Gasteiger partial charge in [0.1, 0.15) is 7.85 Å². The second kappa shape index (κ2) is 14.8. The first-order valence-corrected chi connectivity index (χ1v) is 18.4. The fourth-order valence-electron chi connectivity index (χ4n) is 6.98. The van der Waals surface area contributed by atoms with Gasteiger partial charge in [0.2, 0.25) is 0 Å². The SMILES string of the molecule is Bc1ccc(/C=C\C(C)=C/C=C)c(Sc2c(NC)cc(-c3ccccc3C)cc2-c2ccc3c(c2Nc2ccc(C)cc2)Cc2ccccc2-3)c1. The van der Waals surface area contributed by atoms with Gasteiger partial charge in [-0.05, 0) is 89.5 Å². The van der Waals surface area contributed by atoms with Crippen LogP contribution in [0, 0.1) is 13.8 Å². The first-order valence-electron chi connectivity index (χ1n) is 17.6. The number of benzene rings is 6. The van der Waals surface area contributed by atoms with E-state index in [0.29, 0.717) is 0 Å². The summed E-state index contributed by atoms with van der Waals surface area (Å²) in [6.45, 7) is 10.3. The lowest BCUT2D eigenvalue weighted by molar-refractivity contribution is 1.26. The number of rotatable bonds is 10. The van der Waals surface area contributed by atoms with Crippen molar-refractivity contribution in [2.24, 2.45) is 0 Å². The highest BCUT2D eigenvalue weighted by Gasteiger charge is 2.26. The number of hydrogen-bond donors (Lipinski definition) is 2. The van der Waals surface area contributed by atoms with E-state index in [4.69, 9.17) is 0 Å². The van der Waals surface area contributed by atoms with Gasteiger partial charge >= 0.3 is 0 Å². The van der Waals surface area contributed by atoms with E-state index in [1.807, 2.05) is 31.0 Å². The third-order valence-corrected chi connectivity index (χ3v) is 10.9. The van der Waals surface area contributed by atoms with Gasteiger partial charge in [-0.15, -0.1) is 0 Å². The zero-order valence-electron chi connectivity index (χ0n) is 30.1. The van der Waals surface area contributed by atoms with E-state index in [-0.39, 0.29) is 0 Å². The maximum atomic E-state index is 3.94. The van der Waals surface area contributed by atoms with Crippen LogP contribution in [0.15, 0.2) is 155 Å². The number of aryl methyl sites for hydroxylation is 2. The van der Waals surface area contributed by atoms with E-state index in [9.17, 15) is 0 Å². The van der Waals surface area contributed by atoms with Crippen LogP contribution in [-0.2, 0) is 6.42 Å². The minimum absolute atomic E-state index is 0.886. The summed E-state index contributed by atoms with van der Waals surface area (Å²) in [7, 11) is 4.21. The number of fused-ring (bicyclic) bond motifs is 3. The average molecular weight is 679 g/mol. The molecule has 0 amide bonds. The molecule has 0 heterocycles. The molecule has 0 saturated carbocycles. The van der Waals surface area contributed by atoms with Crippen LogP contribution in [-0.4, -0.2) is 14.9 Å². The summed E-state index contributed by atoms with van der Waals surface area (Å²) in [6, 6.07) is 42.3. The Labute approximate surface area is 308 Å². The van der Waals surface area contributed by atoms with Gasteiger partial charge in [0.05, 0.1) is 5.69 Å². The van der Waals surface area contributed by atoms with Gasteiger partial charge in [-0.1, -0.05) is 150 Å². The van der Waals surface area contributed by atoms with Gasteiger partial charge in [0.15, 0.2) is 0 Å². The van der Waals surface area contributed by atoms with E-state index in [1.165, 1.54) is 76.5 Å². The van der Waals surface area contributed by atoms with Crippen LogP contribution in [0.3, 0.4) is 0 Å². The van der Waals surface area contributed by atoms with E-state index >= 15 is 0 Å². The molecule has 51 heavy (non-hydrogen) atoms. The van der Waals surface area contributed by atoms with Crippen molar-refractivity contribution in [3.05, 3.63) is 173 Å². The Hall–Kier alpha value is -5.45. The van der Waals surface area contributed by atoms with E-state index in [2.05, 4.69) is 173 Å². The van der Waals surface area contributed by atoms with Crippen molar-refractivity contribution in [3.63, 3.8) is 0 Å². The highest BCUT2D eigenvalue weighted by Crippen LogP contribution is 2.50. The van der Waals surface area contributed by atoms with Crippen molar-refractivity contribution in [1.29, 1.82) is 0 Å². The Morgan fingerprint density at radius 1 is 0.784 bits per heavy atom. The minimum atomic E-state index is 0.886. The quantitative estimate of drug-likeness (QED) is 0.111. The molecule has 1 aliphatic rings. The summed E-state index contributed by atoms with van der Waals surface area (Å²) >= 11 is 1.83. The zero-order valence-corrected chi connectivity index (χ0v) is 30.9. The normalized spacial score (nSPS) is 12.1. The third kappa shape index (κ3) is 7.11. The van der Waals surface area contributed by atoms with Crippen LogP contribution in [0.25, 0.3) is 39.5 Å². The fraction of sp³-hybridized carbons (Fsp3) is 0.106. The molecule has 0 spiro atoms. The van der Waals surface area contributed by atoms with Gasteiger partial charge in [-0.25, -0.2) is 0 Å². The molecule has 0 bridgehead atoms. The van der Waals surface area contributed by atoms with Crippen molar-refractivity contribution in [2.45, 2.75) is 37.0 Å². The standard InChI is InChI=1S/C47H43BN2S/c1-6-11-30(2)16-19-33-20-21-36(48)29-45(33)51-47-43(27-35(28-44(47)49-5)38-14-9-7-12-32(38)4)41-25-24-40-39-15-10-8-13-34(39)26-42(40)46(41)50-37-22-17-31(3)18-23-37/h6-25,27-29,49-50H,1,26,48H2,2-5H3/b19-16-,30-11-. The Morgan fingerprint density at radius 3 is 2.29 bits per heavy atom. The molecule has 0 aromatic heterocycles. The zero-order chi connectivity index (χ0) is 35.5. The van der Waals surface area contributed by atoms with Crippen molar-refractivity contribution < 1.29 is 0 Å². The van der Waals surface area contributed by atoms with Crippen molar-refractivity contribution in [3.8, 4) is 33.4 Å². The van der Waals surface area contributed by atoms with E-state index in [1.54, 1.807) is 0 Å². The summed E-state index contributed by atoms with van der Waals surface area (Å²) in [6.07, 6.45) is 9.14. The molecule has 0 saturated heterocycles. The van der Waals surface area contributed by atoms with Crippen LogP contribution < -0.4 is 16.1 Å². The number of allylic oxidation sites excluding steroid dienone is 4. The Balaban J connectivity index is 1.48. The second-order valence-electron chi connectivity index (χ2n) is 13.4. The molecule has 2 N–H and O–H groups in total. The molecule has 0 fully saturated rings. The van der Waals surface area contributed by atoms with Gasteiger partial charge in [0.25, 0.3) is 0 Å². The number of hydrogen-bond acceptors (Lipinski definition) is 3. The summed E-state index contributed by atoms with van der Waals surface area (Å²) in [4.78, 5) is 2.40. The largest absolute Gasteiger partial charge is 0.387 e. The molecule has 0 atom stereocenters. The highest BCUT2D eigenvalue weighted by molar-refractivity contribution is 7.99. The lowest BCUT2D eigenvalue weighted by Gasteiger charge is -2.23.